The number of alkyl halides is 3. The van der Waals surface area contributed by atoms with Crippen molar-refractivity contribution in [3.8, 4) is 0 Å². The fourth-order valence-electron chi connectivity index (χ4n) is 2.79. The topological polar surface area (TPSA) is 104 Å². The van der Waals surface area contributed by atoms with Crippen LogP contribution in [0.15, 0.2) is 6.20 Å². The molecule has 7 nitrogen and oxygen atoms in total. The number of likely N-dealkylation sites (tertiary alicyclic amines) is 1. The molecule has 146 valence electrons. The molecule has 0 aromatic carbocycles. The van der Waals surface area contributed by atoms with Crippen molar-refractivity contribution in [3.05, 3.63) is 17.7 Å². The molecule has 1 aromatic heterocycles. The zero-order chi connectivity index (χ0) is 19.5. The van der Waals surface area contributed by atoms with Gasteiger partial charge in [0.05, 0.1) is 18.8 Å². The Morgan fingerprint density at radius 2 is 2.00 bits per heavy atom. The van der Waals surface area contributed by atoms with Gasteiger partial charge in [0.1, 0.15) is 11.5 Å². The number of amides is 2. The summed E-state index contributed by atoms with van der Waals surface area (Å²) in [7, 11) is 0. The molecule has 1 atom stereocenters. The van der Waals surface area contributed by atoms with Gasteiger partial charge < -0.3 is 20.9 Å². The highest BCUT2D eigenvalue weighted by Gasteiger charge is 2.34. The van der Waals surface area contributed by atoms with Crippen LogP contribution in [0.4, 0.5) is 13.2 Å². The number of nitrogens with one attached hydrogen (secondary N) is 2. The fourth-order valence-corrected chi connectivity index (χ4v) is 2.79. The average molecular weight is 375 g/mol. The molecule has 1 saturated heterocycles. The minimum Gasteiger partial charge on any atom is -0.346 e. The lowest BCUT2D eigenvalue weighted by Crippen LogP contribution is -2.49. The third-order valence-electron chi connectivity index (χ3n) is 4.57. The molecular weight excluding hydrogens is 351 g/mol. The summed E-state index contributed by atoms with van der Waals surface area (Å²) in [6.07, 6.45) is -2.64. The molecule has 1 aliphatic rings. The number of piperidine rings is 1. The van der Waals surface area contributed by atoms with Crippen LogP contribution in [-0.2, 0) is 15.8 Å². The molecule has 0 radical (unpaired) electrons. The van der Waals surface area contributed by atoms with Gasteiger partial charge in [-0.1, -0.05) is 13.8 Å². The number of halogens is 3. The molecule has 1 fully saturated rings. The summed E-state index contributed by atoms with van der Waals surface area (Å²) in [4.78, 5) is 31.7. The van der Waals surface area contributed by atoms with Gasteiger partial charge in [-0.2, -0.15) is 13.2 Å². The first-order chi connectivity index (χ1) is 12.1. The van der Waals surface area contributed by atoms with E-state index >= 15 is 0 Å². The SMILES string of the molecule is CC(C)[C@H](N)C(=O)NCC(=O)N1CCC(c2ncc(C(F)(F)F)[nH]2)CC1. The molecule has 0 unspecified atom stereocenters. The Kier molecular flexibility index (Phi) is 6.27. The van der Waals surface area contributed by atoms with E-state index < -0.39 is 17.9 Å². The summed E-state index contributed by atoms with van der Waals surface area (Å²) in [5.74, 6) is -0.503. The number of hydrogen-bond donors (Lipinski definition) is 3. The summed E-state index contributed by atoms with van der Waals surface area (Å²) in [6, 6.07) is -0.671. The van der Waals surface area contributed by atoms with Crippen molar-refractivity contribution >= 4 is 11.8 Å². The van der Waals surface area contributed by atoms with Gasteiger partial charge in [-0.25, -0.2) is 4.98 Å². The monoisotopic (exact) mass is 375 g/mol. The smallest absolute Gasteiger partial charge is 0.346 e. The van der Waals surface area contributed by atoms with Gasteiger partial charge in [-0.15, -0.1) is 0 Å². The maximum Gasteiger partial charge on any atom is 0.432 e. The van der Waals surface area contributed by atoms with E-state index in [0.29, 0.717) is 31.8 Å². The van der Waals surface area contributed by atoms with Crippen LogP contribution in [0.1, 0.15) is 44.1 Å². The Morgan fingerprint density at radius 3 is 2.50 bits per heavy atom. The third kappa shape index (κ3) is 4.96. The van der Waals surface area contributed by atoms with E-state index in [1.807, 2.05) is 13.8 Å². The molecule has 10 heteroatoms. The minimum atomic E-state index is -4.45. The molecular formula is C16H24F3N5O2. The first-order valence-corrected chi connectivity index (χ1v) is 8.52. The van der Waals surface area contributed by atoms with Crippen molar-refractivity contribution in [2.45, 2.75) is 44.8 Å². The van der Waals surface area contributed by atoms with Crippen molar-refractivity contribution in [2.75, 3.05) is 19.6 Å². The number of imidazole rings is 1. The quantitative estimate of drug-likeness (QED) is 0.720. The summed E-state index contributed by atoms with van der Waals surface area (Å²) in [5.41, 5.74) is 4.85. The normalized spacial score (nSPS) is 17.4. The first-order valence-electron chi connectivity index (χ1n) is 8.52. The van der Waals surface area contributed by atoms with E-state index in [1.165, 1.54) is 0 Å². The largest absolute Gasteiger partial charge is 0.432 e. The lowest BCUT2D eigenvalue weighted by molar-refractivity contribution is -0.141. The predicted octanol–water partition coefficient (Wildman–Crippen LogP) is 1.23. The zero-order valence-corrected chi connectivity index (χ0v) is 14.8. The van der Waals surface area contributed by atoms with Gasteiger partial charge in [0.25, 0.3) is 0 Å². The highest BCUT2D eigenvalue weighted by atomic mass is 19.4. The van der Waals surface area contributed by atoms with E-state index in [9.17, 15) is 22.8 Å². The molecule has 0 aliphatic carbocycles. The molecule has 0 bridgehead atoms. The number of hydrogen-bond acceptors (Lipinski definition) is 4. The van der Waals surface area contributed by atoms with Crippen LogP contribution >= 0.6 is 0 Å². The maximum absolute atomic E-state index is 12.6. The first kappa shape index (κ1) is 20.2. The summed E-state index contributed by atoms with van der Waals surface area (Å²) >= 11 is 0. The maximum atomic E-state index is 12.6. The second-order valence-corrected chi connectivity index (χ2v) is 6.82. The Morgan fingerprint density at radius 1 is 1.38 bits per heavy atom. The molecule has 2 amide bonds. The van der Waals surface area contributed by atoms with Crippen molar-refractivity contribution < 1.29 is 22.8 Å². The molecule has 0 saturated carbocycles. The molecule has 2 heterocycles. The molecule has 26 heavy (non-hydrogen) atoms. The second kappa shape index (κ2) is 8.07. The highest BCUT2D eigenvalue weighted by molar-refractivity contribution is 5.87. The number of nitrogens with zero attached hydrogens (tertiary/aromatic N) is 2. The Balaban J connectivity index is 1.81. The van der Waals surface area contributed by atoms with Crippen LogP contribution in [-0.4, -0.2) is 52.4 Å². The number of aromatic amines is 1. The molecule has 1 aromatic rings. The van der Waals surface area contributed by atoms with Crippen molar-refractivity contribution in [1.82, 2.24) is 20.2 Å². The van der Waals surface area contributed by atoms with Crippen LogP contribution in [0, 0.1) is 5.92 Å². The fraction of sp³-hybridized carbons (Fsp3) is 0.688. The van der Waals surface area contributed by atoms with E-state index in [0.717, 1.165) is 6.20 Å². The number of H-pyrrole nitrogens is 1. The highest BCUT2D eigenvalue weighted by Crippen LogP contribution is 2.31. The van der Waals surface area contributed by atoms with E-state index in [2.05, 4.69) is 15.3 Å². The number of carbonyl (C=O) groups is 2. The van der Waals surface area contributed by atoms with Gasteiger partial charge in [-0.05, 0) is 18.8 Å². The number of aromatic nitrogens is 2. The van der Waals surface area contributed by atoms with E-state index in [4.69, 9.17) is 5.73 Å². The van der Waals surface area contributed by atoms with Gasteiger partial charge in [-0.3, -0.25) is 9.59 Å². The summed E-state index contributed by atoms with van der Waals surface area (Å²) in [5, 5.41) is 2.53. The standard InChI is InChI=1S/C16H24F3N5O2/c1-9(2)13(20)15(26)22-8-12(25)24-5-3-10(4-6-24)14-21-7-11(23-14)16(17,18)19/h7,9-10,13H,3-6,8,20H2,1-2H3,(H,21,23)(H,22,26)/t13-/m0/s1. The second-order valence-electron chi connectivity index (χ2n) is 6.82. The van der Waals surface area contributed by atoms with E-state index in [-0.39, 0.29) is 30.2 Å². The van der Waals surface area contributed by atoms with Gasteiger partial charge in [0.15, 0.2) is 0 Å². The van der Waals surface area contributed by atoms with Crippen LogP contribution in [0.25, 0.3) is 0 Å². The van der Waals surface area contributed by atoms with Crippen molar-refractivity contribution in [2.24, 2.45) is 11.7 Å². The van der Waals surface area contributed by atoms with Gasteiger partial charge >= 0.3 is 6.18 Å². The Labute approximate surface area is 149 Å². The van der Waals surface area contributed by atoms with Crippen molar-refractivity contribution in [3.63, 3.8) is 0 Å². The average Bonchev–Trinajstić information content (AvgIpc) is 3.09. The van der Waals surface area contributed by atoms with Gasteiger partial charge in [0.2, 0.25) is 11.8 Å². The molecule has 1 aliphatic heterocycles. The molecule has 2 rings (SSSR count). The lowest BCUT2D eigenvalue weighted by Gasteiger charge is -2.31. The minimum absolute atomic E-state index is 0.0317. The number of carbonyl (C=O) groups excluding carboxylic acids is 2. The van der Waals surface area contributed by atoms with Crippen LogP contribution in [0.5, 0.6) is 0 Å². The number of nitrogens with two attached hydrogens (primary N) is 1. The van der Waals surface area contributed by atoms with Crippen LogP contribution < -0.4 is 11.1 Å². The van der Waals surface area contributed by atoms with Gasteiger partial charge in [0, 0.05) is 19.0 Å². The predicted molar refractivity (Wildman–Crippen MR) is 88.0 cm³/mol. The van der Waals surface area contributed by atoms with Crippen molar-refractivity contribution in [1.29, 1.82) is 0 Å². The van der Waals surface area contributed by atoms with E-state index in [1.54, 1.807) is 4.90 Å². The summed E-state index contributed by atoms with van der Waals surface area (Å²) in [6.45, 7) is 4.30. The lowest BCUT2D eigenvalue weighted by atomic mass is 9.96. The molecule has 0 spiro atoms. The van der Waals surface area contributed by atoms with Crippen LogP contribution in [0.2, 0.25) is 0 Å². The third-order valence-corrected chi connectivity index (χ3v) is 4.57. The zero-order valence-electron chi connectivity index (χ0n) is 14.8. The summed E-state index contributed by atoms with van der Waals surface area (Å²) < 4.78 is 37.9. The van der Waals surface area contributed by atoms with Crippen LogP contribution in [0.3, 0.4) is 0 Å². The Hall–Kier alpha value is -2.10. The molecule has 4 N–H and O–H groups in total. The number of rotatable bonds is 5. The Bertz CT molecular complexity index is 636.